The topological polar surface area (TPSA) is 39.1 Å². The number of nitrogens with one attached hydrogen (secondary N) is 1. The molecule has 0 aliphatic heterocycles. The van der Waals surface area contributed by atoms with Crippen LogP contribution in [-0.4, -0.2) is 23.1 Å². The van der Waals surface area contributed by atoms with E-state index in [4.69, 9.17) is 4.74 Å². The van der Waals surface area contributed by atoms with Gasteiger partial charge in [-0.25, -0.2) is 4.39 Å². The van der Waals surface area contributed by atoms with Crippen LogP contribution in [0.3, 0.4) is 0 Å². The molecule has 4 nitrogen and oxygen atoms in total. The van der Waals surface area contributed by atoms with Gasteiger partial charge in [-0.1, -0.05) is 12.1 Å². The normalized spacial score (nSPS) is 10.2. The zero-order valence-corrected chi connectivity index (χ0v) is 12.9. The molecule has 0 aliphatic carbocycles. The van der Waals surface area contributed by atoms with E-state index in [9.17, 15) is 4.39 Å². The molecule has 0 bridgehead atoms. The van der Waals surface area contributed by atoms with Crippen molar-refractivity contribution in [2.45, 2.75) is 26.6 Å². The Labute approximate surface area is 130 Å². The van der Waals surface area contributed by atoms with Gasteiger partial charge in [0, 0.05) is 19.3 Å². The van der Waals surface area contributed by atoms with Crippen LogP contribution in [-0.2, 0) is 19.6 Å². The van der Waals surface area contributed by atoms with Crippen molar-refractivity contribution in [3.63, 3.8) is 0 Å². The lowest BCUT2D eigenvalue weighted by molar-refractivity contribution is 0.340. The first-order valence-electron chi connectivity index (χ1n) is 6.82. The van der Waals surface area contributed by atoms with Crippen molar-refractivity contribution in [3.05, 3.63) is 47.8 Å². The van der Waals surface area contributed by atoms with Gasteiger partial charge in [-0.15, -0.1) is 12.4 Å². The van der Waals surface area contributed by atoms with E-state index >= 15 is 0 Å². The summed E-state index contributed by atoms with van der Waals surface area (Å²) in [5, 5.41) is 7.41. The fourth-order valence-corrected chi connectivity index (χ4v) is 2.00. The summed E-state index contributed by atoms with van der Waals surface area (Å²) in [4.78, 5) is 0. The van der Waals surface area contributed by atoms with Gasteiger partial charge in [-0.2, -0.15) is 5.10 Å². The van der Waals surface area contributed by atoms with Gasteiger partial charge in [-0.05, 0) is 30.7 Å². The monoisotopic (exact) mass is 313 g/mol. The number of nitrogens with zero attached hydrogens (tertiary/aromatic N) is 2. The first-order chi connectivity index (χ1) is 9.83. The smallest absolute Gasteiger partial charge is 0.119 e. The van der Waals surface area contributed by atoms with Gasteiger partial charge < -0.3 is 10.1 Å². The lowest BCUT2D eigenvalue weighted by Gasteiger charge is -2.08. The summed E-state index contributed by atoms with van der Waals surface area (Å²) in [6, 6.07) is 9.91. The van der Waals surface area contributed by atoms with Gasteiger partial charge in [0.05, 0.1) is 18.8 Å². The van der Waals surface area contributed by atoms with Gasteiger partial charge in [0.1, 0.15) is 12.4 Å². The molecule has 1 heterocycles. The minimum absolute atomic E-state index is 0. The number of aromatic nitrogens is 2. The number of aryl methyl sites for hydroxylation is 1. The number of ether oxygens (including phenoxy) is 1. The standard InChI is InChI=1S/C15H20FN3O.ClH/c1-2-20-15-5-3-13(4-6-15)11-17-12-14-7-9-18-19(14)10-8-16;/h3-7,9,17H,2,8,10-12H2,1H3;1H. The number of alkyl halides is 1. The van der Waals surface area contributed by atoms with Crippen LogP contribution in [0.25, 0.3) is 0 Å². The van der Waals surface area contributed by atoms with Crippen LogP contribution in [0.1, 0.15) is 18.2 Å². The first kappa shape index (κ1) is 17.5. The molecule has 116 valence electrons. The third-order valence-corrected chi connectivity index (χ3v) is 2.97. The maximum Gasteiger partial charge on any atom is 0.119 e. The highest BCUT2D eigenvalue weighted by atomic mass is 35.5. The van der Waals surface area contributed by atoms with E-state index in [1.165, 1.54) is 5.56 Å². The number of hydrogen-bond donors (Lipinski definition) is 1. The molecule has 0 fully saturated rings. The Kier molecular flexibility index (Phi) is 7.79. The van der Waals surface area contributed by atoms with E-state index in [1.54, 1.807) is 10.9 Å². The molecule has 0 atom stereocenters. The van der Waals surface area contributed by atoms with Crippen LogP contribution in [0.4, 0.5) is 4.39 Å². The molecule has 0 amide bonds. The summed E-state index contributed by atoms with van der Waals surface area (Å²) >= 11 is 0. The van der Waals surface area contributed by atoms with Gasteiger partial charge in [0.2, 0.25) is 0 Å². The Morgan fingerprint density at radius 1 is 1.19 bits per heavy atom. The summed E-state index contributed by atoms with van der Waals surface area (Å²) in [5.74, 6) is 0.886. The third-order valence-electron chi connectivity index (χ3n) is 2.97. The summed E-state index contributed by atoms with van der Waals surface area (Å²) in [6.45, 7) is 3.99. The zero-order valence-electron chi connectivity index (χ0n) is 12.1. The Balaban J connectivity index is 0.00000220. The van der Waals surface area contributed by atoms with E-state index in [0.717, 1.165) is 18.0 Å². The van der Waals surface area contributed by atoms with Gasteiger partial charge in [-0.3, -0.25) is 4.68 Å². The molecule has 0 saturated carbocycles. The van der Waals surface area contributed by atoms with Crippen molar-refractivity contribution < 1.29 is 9.13 Å². The second-order valence-corrected chi connectivity index (χ2v) is 4.42. The third kappa shape index (κ3) is 5.36. The quantitative estimate of drug-likeness (QED) is 0.814. The van der Waals surface area contributed by atoms with Crippen LogP contribution in [0.2, 0.25) is 0 Å². The van der Waals surface area contributed by atoms with Crippen molar-refractivity contribution in [1.29, 1.82) is 0 Å². The van der Waals surface area contributed by atoms with Gasteiger partial charge >= 0.3 is 0 Å². The largest absolute Gasteiger partial charge is 0.494 e. The van der Waals surface area contributed by atoms with E-state index in [0.29, 0.717) is 19.7 Å². The number of hydrogen-bond acceptors (Lipinski definition) is 3. The van der Waals surface area contributed by atoms with Crippen molar-refractivity contribution in [2.24, 2.45) is 0 Å². The SMILES string of the molecule is CCOc1ccc(CNCc2ccnn2CCF)cc1.Cl. The minimum atomic E-state index is -0.395. The fraction of sp³-hybridized carbons (Fsp3) is 0.400. The Hall–Kier alpha value is -1.59. The van der Waals surface area contributed by atoms with Crippen LogP contribution >= 0.6 is 12.4 Å². The zero-order chi connectivity index (χ0) is 14.2. The van der Waals surface area contributed by atoms with E-state index in [-0.39, 0.29) is 12.4 Å². The average Bonchev–Trinajstić information content (AvgIpc) is 2.89. The molecule has 2 aromatic rings. The predicted molar refractivity (Wildman–Crippen MR) is 83.6 cm³/mol. The van der Waals surface area contributed by atoms with E-state index in [2.05, 4.69) is 10.4 Å². The molecule has 0 unspecified atom stereocenters. The summed E-state index contributed by atoms with van der Waals surface area (Å²) in [6.07, 6.45) is 1.70. The Bertz CT molecular complexity index is 516. The molecule has 0 saturated heterocycles. The van der Waals surface area contributed by atoms with Gasteiger partial charge in [0.25, 0.3) is 0 Å². The molecule has 1 N–H and O–H groups in total. The maximum atomic E-state index is 12.3. The van der Waals surface area contributed by atoms with Crippen LogP contribution < -0.4 is 10.1 Å². The molecule has 0 aliphatic rings. The number of benzene rings is 1. The molecule has 2 rings (SSSR count). The summed E-state index contributed by atoms with van der Waals surface area (Å²) in [5.41, 5.74) is 2.18. The fourth-order valence-electron chi connectivity index (χ4n) is 2.00. The summed E-state index contributed by atoms with van der Waals surface area (Å²) < 4.78 is 19.4. The number of halogens is 2. The van der Waals surface area contributed by atoms with E-state index in [1.807, 2.05) is 37.3 Å². The highest BCUT2D eigenvalue weighted by molar-refractivity contribution is 5.85. The molecule has 6 heteroatoms. The van der Waals surface area contributed by atoms with Gasteiger partial charge in [0.15, 0.2) is 0 Å². The molecule has 1 aromatic carbocycles. The number of rotatable bonds is 8. The highest BCUT2D eigenvalue weighted by Gasteiger charge is 2.02. The second-order valence-electron chi connectivity index (χ2n) is 4.42. The maximum absolute atomic E-state index is 12.3. The van der Waals surface area contributed by atoms with Crippen LogP contribution in [0.15, 0.2) is 36.5 Å². The van der Waals surface area contributed by atoms with Crippen molar-refractivity contribution in [1.82, 2.24) is 15.1 Å². The van der Waals surface area contributed by atoms with Crippen molar-refractivity contribution in [2.75, 3.05) is 13.3 Å². The Morgan fingerprint density at radius 2 is 1.95 bits per heavy atom. The molecule has 0 spiro atoms. The van der Waals surface area contributed by atoms with Crippen molar-refractivity contribution >= 4 is 12.4 Å². The molecular weight excluding hydrogens is 293 g/mol. The first-order valence-corrected chi connectivity index (χ1v) is 6.82. The molecule has 21 heavy (non-hydrogen) atoms. The minimum Gasteiger partial charge on any atom is -0.494 e. The molecule has 0 radical (unpaired) electrons. The highest BCUT2D eigenvalue weighted by Crippen LogP contribution is 2.12. The van der Waals surface area contributed by atoms with Crippen LogP contribution in [0, 0.1) is 0 Å². The van der Waals surface area contributed by atoms with Crippen LogP contribution in [0.5, 0.6) is 5.75 Å². The van der Waals surface area contributed by atoms with Crippen molar-refractivity contribution in [3.8, 4) is 5.75 Å². The lowest BCUT2D eigenvalue weighted by Crippen LogP contribution is -2.17. The lowest BCUT2D eigenvalue weighted by atomic mass is 10.2. The second kappa shape index (κ2) is 9.37. The average molecular weight is 314 g/mol. The molecule has 1 aromatic heterocycles. The summed E-state index contributed by atoms with van der Waals surface area (Å²) in [7, 11) is 0. The molecular formula is C15H21ClFN3O. The Morgan fingerprint density at radius 3 is 2.62 bits per heavy atom. The predicted octanol–water partition coefficient (Wildman–Crippen LogP) is 2.96. The van der Waals surface area contributed by atoms with E-state index < -0.39 is 6.67 Å².